The molecule has 1 aromatic rings. The number of hydrogen-bond acceptors (Lipinski definition) is 3. The number of hydrogen-bond donors (Lipinski definition) is 1. The van der Waals surface area contributed by atoms with E-state index in [-0.39, 0.29) is 6.04 Å². The van der Waals surface area contributed by atoms with Gasteiger partial charge in [-0.25, -0.2) is 0 Å². The van der Waals surface area contributed by atoms with Gasteiger partial charge in [-0.1, -0.05) is 0 Å². The molecular formula is C10H10N2O. The third-order valence-corrected chi connectivity index (χ3v) is 2.30. The highest BCUT2D eigenvalue weighted by atomic mass is 16.5. The van der Waals surface area contributed by atoms with E-state index in [1.54, 1.807) is 6.07 Å². The Morgan fingerprint density at radius 3 is 3.08 bits per heavy atom. The summed E-state index contributed by atoms with van der Waals surface area (Å²) in [6, 6.07) is 5.78. The van der Waals surface area contributed by atoms with Crippen molar-refractivity contribution in [1.29, 1.82) is 5.26 Å². The molecule has 0 aliphatic carbocycles. The summed E-state index contributed by atoms with van der Waals surface area (Å²) in [4.78, 5) is 0. The van der Waals surface area contributed by atoms with Crippen molar-refractivity contribution in [2.75, 3.05) is 6.61 Å². The highest BCUT2D eigenvalue weighted by molar-refractivity contribution is 5.50. The van der Waals surface area contributed by atoms with Crippen molar-refractivity contribution in [3.63, 3.8) is 0 Å². The number of rotatable bonds is 0. The van der Waals surface area contributed by atoms with Crippen LogP contribution in [-0.4, -0.2) is 6.61 Å². The fourth-order valence-corrected chi connectivity index (χ4v) is 1.51. The van der Waals surface area contributed by atoms with Gasteiger partial charge >= 0.3 is 0 Å². The second-order valence-corrected chi connectivity index (χ2v) is 3.23. The number of aryl methyl sites for hydroxylation is 1. The van der Waals surface area contributed by atoms with Crippen LogP contribution in [0.3, 0.4) is 0 Å². The fourth-order valence-electron chi connectivity index (χ4n) is 1.51. The molecule has 0 saturated carbocycles. The molecule has 0 fully saturated rings. The molecule has 0 radical (unpaired) electrons. The standard InChI is InChI=1S/C10H10N2O/c1-6-2-8-9(12)5-13-10(8)3-7(6)4-11/h2-3,9H,5,12H2,1H3/t9-/m1/s1. The minimum atomic E-state index is -0.0403. The lowest BCUT2D eigenvalue weighted by atomic mass is 10.0. The van der Waals surface area contributed by atoms with Gasteiger partial charge in [0.2, 0.25) is 0 Å². The molecule has 0 aromatic heterocycles. The molecule has 0 amide bonds. The lowest BCUT2D eigenvalue weighted by molar-refractivity contribution is 0.333. The van der Waals surface area contributed by atoms with Crippen LogP contribution in [0, 0.1) is 18.3 Å². The van der Waals surface area contributed by atoms with Crippen molar-refractivity contribution in [3.8, 4) is 11.8 Å². The lowest BCUT2D eigenvalue weighted by Gasteiger charge is -2.03. The molecule has 13 heavy (non-hydrogen) atoms. The SMILES string of the molecule is Cc1cc2c(cc1C#N)OC[C@H]2N. The highest BCUT2D eigenvalue weighted by Crippen LogP contribution is 2.32. The van der Waals surface area contributed by atoms with Crippen LogP contribution < -0.4 is 10.5 Å². The molecule has 3 heteroatoms. The molecule has 0 spiro atoms. The van der Waals surface area contributed by atoms with Crippen LogP contribution in [0.4, 0.5) is 0 Å². The van der Waals surface area contributed by atoms with Crippen molar-refractivity contribution < 1.29 is 4.74 Å². The van der Waals surface area contributed by atoms with E-state index in [0.29, 0.717) is 12.2 Å². The first-order chi connectivity index (χ1) is 6.22. The van der Waals surface area contributed by atoms with Crippen molar-refractivity contribution in [2.45, 2.75) is 13.0 Å². The van der Waals surface area contributed by atoms with Gasteiger partial charge < -0.3 is 10.5 Å². The molecule has 2 N–H and O–H groups in total. The Morgan fingerprint density at radius 2 is 2.38 bits per heavy atom. The molecule has 1 heterocycles. The summed E-state index contributed by atoms with van der Waals surface area (Å²) in [6.45, 7) is 2.42. The van der Waals surface area contributed by atoms with E-state index in [9.17, 15) is 0 Å². The van der Waals surface area contributed by atoms with Gasteiger partial charge in [0.25, 0.3) is 0 Å². The summed E-state index contributed by atoms with van der Waals surface area (Å²) in [5.74, 6) is 0.759. The van der Waals surface area contributed by atoms with Gasteiger partial charge in [-0.15, -0.1) is 0 Å². The van der Waals surface area contributed by atoms with Crippen molar-refractivity contribution in [2.24, 2.45) is 5.73 Å². The molecule has 1 aromatic carbocycles. The van der Waals surface area contributed by atoms with E-state index in [1.807, 2.05) is 13.0 Å². The van der Waals surface area contributed by atoms with Gasteiger partial charge in [0.15, 0.2) is 0 Å². The first-order valence-electron chi connectivity index (χ1n) is 4.15. The minimum absolute atomic E-state index is 0.0403. The Balaban J connectivity index is 2.58. The van der Waals surface area contributed by atoms with Gasteiger partial charge in [0.1, 0.15) is 12.4 Å². The van der Waals surface area contributed by atoms with Gasteiger partial charge in [0.05, 0.1) is 17.7 Å². The number of nitrogens with zero attached hydrogens (tertiary/aromatic N) is 1. The number of benzene rings is 1. The molecular weight excluding hydrogens is 164 g/mol. The van der Waals surface area contributed by atoms with Crippen molar-refractivity contribution in [1.82, 2.24) is 0 Å². The van der Waals surface area contributed by atoms with Gasteiger partial charge in [-0.3, -0.25) is 0 Å². The monoisotopic (exact) mass is 174 g/mol. The topological polar surface area (TPSA) is 59.0 Å². The summed E-state index contributed by atoms with van der Waals surface area (Å²) < 4.78 is 5.33. The summed E-state index contributed by atoms with van der Waals surface area (Å²) in [6.07, 6.45) is 0. The summed E-state index contributed by atoms with van der Waals surface area (Å²) in [5.41, 5.74) is 8.43. The number of fused-ring (bicyclic) bond motifs is 1. The van der Waals surface area contributed by atoms with Crippen molar-refractivity contribution in [3.05, 3.63) is 28.8 Å². The van der Waals surface area contributed by atoms with Crippen LogP contribution >= 0.6 is 0 Å². The predicted octanol–water partition coefficient (Wildman–Crippen LogP) is 1.26. The Hall–Kier alpha value is -1.53. The molecule has 1 aliphatic heterocycles. The molecule has 1 atom stereocenters. The van der Waals surface area contributed by atoms with E-state index in [4.69, 9.17) is 15.7 Å². The van der Waals surface area contributed by atoms with Gasteiger partial charge in [-0.05, 0) is 24.6 Å². The van der Waals surface area contributed by atoms with E-state index in [1.165, 1.54) is 0 Å². The average molecular weight is 174 g/mol. The van der Waals surface area contributed by atoms with Crippen LogP contribution in [0.15, 0.2) is 12.1 Å². The summed E-state index contributed by atoms with van der Waals surface area (Å²) >= 11 is 0. The highest BCUT2D eigenvalue weighted by Gasteiger charge is 2.21. The van der Waals surface area contributed by atoms with E-state index >= 15 is 0 Å². The zero-order valence-electron chi connectivity index (χ0n) is 7.37. The maximum Gasteiger partial charge on any atom is 0.125 e. The first-order valence-corrected chi connectivity index (χ1v) is 4.15. The smallest absolute Gasteiger partial charge is 0.125 e. The maximum atomic E-state index is 8.78. The molecule has 2 rings (SSSR count). The summed E-state index contributed by atoms with van der Waals surface area (Å²) in [7, 11) is 0. The Bertz CT molecular complexity index is 393. The molecule has 66 valence electrons. The molecule has 1 aliphatic rings. The number of nitriles is 1. The van der Waals surface area contributed by atoms with E-state index < -0.39 is 0 Å². The Kier molecular flexibility index (Phi) is 1.71. The largest absolute Gasteiger partial charge is 0.491 e. The van der Waals surface area contributed by atoms with Crippen LogP contribution in [0.5, 0.6) is 5.75 Å². The normalized spacial score (nSPS) is 19.0. The zero-order chi connectivity index (χ0) is 9.42. The van der Waals surface area contributed by atoms with E-state index in [0.717, 1.165) is 16.9 Å². The Labute approximate surface area is 76.7 Å². The van der Waals surface area contributed by atoms with Crippen LogP contribution in [0.2, 0.25) is 0 Å². The number of nitrogens with two attached hydrogens (primary N) is 1. The predicted molar refractivity (Wildman–Crippen MR) is 48.3 cm³/mol. The zero-order valence-corrected chi connectivity index (χ0v) is 7.37. The van der Waals surface area contributed by atoms with Crippen LogP contribution in [-0.2, 0) is 0 Å². The van der Waals surface area contributed by atoms with Crippen LogP contribution in [0.25, 0.3) is 0 Å². The van der Waals surface area contributed by atoms with Crippen LogP contribution in [0.1, 0.15) is 22.7 Å². The quantitative estimate of drug-likeness (QED) is 0.644. The number of ether oxygens (including phenoxy) is 1. The fraction of sp³-hybridized carbons (Fsp3) is 0.300. The van der Waals surface area contributed by atoms with Crippen molar-refractivity contribution >= 4 is 0 Å². The molecule has 3 nitrogen and oxygen atoms in total. The van der Waals surface area contributed by atoms with E-state index in [2.05, 4.69) is 6.07 Å². The molecule has 0 saturated heterocycles. The second-order valence-electron chi connectivity index (χ2n) is 3.23. The molecule has 0 unspecified atom stereocenters. The maximum absolute atomic E-state index is 8.78. The summed E-state index contributed by atoms with van der Waals surface area (Å²) in [5, 5.41) is 8.78. The first kappa shape index (κ1) is 8.09. The minimum Gasteiger partial charge on any atom is -0.491 e. The van der Waals surface area contributed by atoms with Gasteiger partial charge in [0, 0.05) is 5.56 Å². The third-order valence-electron chi connectivity index (χ3n) is 2.30. The third kappa shape index (κ3) is 1.16. The second kappa shape index (κ2) is 2.75. The Morgan fingerprint density at radius 1 is 1.62 bits per heavy atom. The average Bonchev–Trinajstić information content (AvgIpc) is 2.47. The lowest BCUT2D eigenvalue weighted by Crippen LogP contribution is -2.10. The molecule has 0 bridgehead atoms. The van der Waals surface area contributed by atoms with Gasteiger partial charge in [-0.2, -0.15) is 5.26 Å².